The van der Waals surface area contributed by atoms with Crippen LogP contribution in [0.3, 0.4) is 0 Å². The highest BCUT2D eigenvalue weighted by molar-refractivity contribution is 7.99. The lowest BCUT2D eigenvalue weighted by molar-refractivity contribution is 0.593. The zero-order valence-electron chi connectivity index (χ0n) is 27.3. The van der Waals surface area contributed by atoms with Gasteiger partial charge in [-0.25, -0.2) is 9.97 Å². The molecular weight excluding hydrogens is 629 g/mol. The number of nitrogens with zero attached hydrogens (tertiary/aromatic N) is 2. The van der Waals surface area contributed by atoms with Crippen LogP contribution in [0.25, 0.3) is 56.6 Å². The van der Waals surface area contributed by atoms with Crippen molar-refractivity contribution in [2.75, 3.05) is 0 Å². The first-order valence-corrected chi connectivity index (χ1v) is 17.7. The van der Waals surface area contributed by atoms with Crippen molar-refractivity contribution in [1.29, 1.82) is 0 Å². The molecule has 0 saturated carbocycles. The highest BCUT2D eigenvalue weighted by Crippen LogP contribution is 2.62. The molecule has 4 heteroatoms. The van der Waals surface area contributed by atoms with Crippen LogP contribution >= 0.6 is 11.8 Å². The fourth-order valence-electron chi connectivity index (χ4n) is 7.98. The Morgan fingerprint density at radius 3 is 1.74 bits per heavy atom. The van der Waals surface area contributed by atoms with Crippen LogP contribution in [0.15, 0.2) is 178 Å². The third-order valence-electron chi connectivity index (χ3n) is 10.2. The van der Waals surface area contributed by atoms with E-state index in [0.29, 0.717) is 5.82 Å². The molecule has 1 aliphatic heterocycles. The van der Waals surface area contributed by atoms with E-state index in [9.17, 15) is 0 Å². The average Bonchev–Trinajstić information content (AvgIpc) is 3.78. The molecule has 50 heavy (non-hydrogen) atoms. The fourth-order valence-corrected chi connectivity index (χ4v) is 9.15. The Hall–Kier alpha value is -5.97. The maximum absolute atomic E-state index is 6.77. The van der Waals surface area contributed by atoms with Crippen molar-refractivity contribution in [3.63, 3.8) is 0 Å². The Morgan fingerprint density at radius 2 is 1.02 bits per heavy atom. The van der Waals surface area contributed by atoms with E-state index >= 15 is 0 Å². The van der Waals surface area contributed by atoms with Crippen LogP contribution in [-0.2, 0) is 5.41 Å². The van der Waals surface area contributed by atoms with Crippen molar-refractivity contribution < 1.29 is 4.42 Å². The second kappa shape index (κ2) is 11.3. The summed E-state index contributed by atoms with van der Waals surface area (Å²) in [5, 5.41) is 0. The summed E-state index contributed by atoms with van der Waals surface area (Å²) >= 11 is 1.85. The van der Waals surface area contributed by atoms with Crippen molar-refractivity contribution in [3.05, 3.63) is 192 Å². The van der Waals surface area contributed by atoms with Gasteiger partial charge in [-0.05, 0) is 70.6 Å². The normalized spacial score (nSPS) is 13.4. The minimum absolute atomic E-state index is 0.436. The van der Waals surface area contributed by atoms with Gasteiger partial charge in [0.2, 0.25) is 0 Å². The summed E-state index contributed by atoms with van der Waals surface area (Å²) in [6, 6.07) is 58.2. The number of rotatable bonds is 4. The van der Waals surface area contributed by atoms with Crippen LogP contribution in [0.4, 0.5) is 0 Å². The molecule has 2 aromatic heterocycles. The maximum Gasteiger partial charge on any atom is 0.160 e. The van der Waals surface area contributed by atoms with Crippen molar-refractivity contribution in [1.82, 2.24) is 9.97 Å². The summed E-state index contributed by atoms with van der Waals surface area (Å²) in [5.41, 5.74) is 13.1. The van der Waals surface area contributed by atoms with E-state index in [-0.39, 0.29) is 0 Å². The van der Waals surface area contributed by atoms with E-state index < -0.39 is 5.41 Å². The summed E-state index contributed by atoms with van der Waals surface area (Å²) in [6.45, 7) is 2.08. The molecule has 0 amide bonds. The van der Waals surface area contributed by atoms with Gasteiger partial charge in [-0.15, -0.1) is 0 Å². The third kappa shape index (κ3) is 4.25. The summed E-state index contributed by atoms with van der Waals surface area (Å²) in [5.74, 6) is 2.20. The van der Waals surface area contributed by atoms with Gasteiger partial charge in [0.15, 0.2) is 11.6 Å². The number of fused-ring (bicyclic) bond motifs is 9. The summed E-state index contributed by atoms with van der Waals surface area (Å²) in [6.07, 6.45) is 0. The smallest absolute Gasteiger partial charge is 0.160 e. The lowest BCUT2D eigenvalue weighted by atomic mass is 9.67. The minimum atomic E-state index is -0.436. The lowest BCUT2D eigenvalue weighted by Gasteiger charge is -2.39. The second-order valence-corrected chi connectivity index (χ2v) is 14.0. The number of hydrogen-bond donors (Lipinski definition) is 0. The summed E-state index contributed by atoms with van der Waals surface area (Å²) in [7, 11) is 0. The Labute approximate surface area is 295 Å². The molecule has 1 aliphatic carbocycles. The molecular formula is C46H30N2OS. The molecule has 2 aliphatic rings. The topological polar surface area (TPSA) is 38.9 Å². The molecule has 0 radical (unpaired) electrons. The number of furan rings is 1. The number of benzene rings is 6. The van der Waals surface area contributed by atoms with E-state index in [4.69, 9.17) is 14.4 Å². The van der Waals surface area contributed by atoms with Crippen molar-refractivity contribution in [3.8, 4) is 56.6 Å². The van der Waals surface area contributed by atoms with Crippen molar-refractivity contribution >= 4 is 11.8 Å². The van der Waals surface area contributed by atoms with Gasteiger partial charge in [0, 0.05) is 32.0 Å². The van der Waals surface area contributed by atoms with Gasteiger partial charge in [-0.2, -0.15) is 0 Å². The Balaban J connectivity index is 1.15. The lowest BCUT2D eigenvalue weighted by Crippen LogP contribution is -2.32. The van der Waals surface area contributed by atoms with Gasteiger partial charge < -0.3 is 4.42 Å². The van der Waals surface area contributed by atoms with Gasteiger partial charge in [-0.1, -0.05) is 145 Å². The highest BCUT2D eigenvalue weighted by Gasteiger charge is 2.50. The molecule has 0 N–H and O–H groups in total. The molecule has 3 heterocycles. The quantitative estimate of drug-likeness (QED) is 0.189. The van der Waals surface area contributed by atoms with E-state index in [1.807, 2.05) is 54.2 Å². The molecule has 8 aromatic rings. The van der Waals surface area contributed by atoms with Gasteiger partial charge in [0.25, 0.3) is 0 Å². The van der Waals surface area contributed by atoms with Gasteiger partial charge in [0.1, 0.15) is 11.5 Å². The van der Waals surface area contributed by atoms with Gasteiger partial charge in [0.05, 0.1) is 11.1 Å². The highest BCUT2D eigenvalue weighted by atomic mass is 32.2. The van der Waals surface area contributed by atoms with E-state index in [1.54, 1.807) is 0 Å². The van der Waals surface area contributed by atoms with Crippen LogP contribution in [-0.4, -0.2) is 9.97 Å². The van der Waals surface area contributed by atoms with Crippen molar-refractivity contribution in [2.45, 2.75) is 22.1 Å². The Bertz CT molecular complexity index is 2540. The van der Waals surface area contributed by atoms with E-state index in [2.05, 4.69) is 128 Å². The monoisotopic (exact) mass is 658 g/mol. The predicted molar refractivity (Wildman–Crippen MR) is 202 cm³/mol. The van der Waals surface area contributed by atoms with Crippen LogP contribution in [0.5, 0.6) is 0 Å². The molecule has 0 fully saturated rings. The Kier molecular flexibility index (Phi) is 6.55. The molecule has 0 bridgehead atoms. The van der Waals surface area contributed by atoms with Crippen LogP contribution in [0.1, 0.15) is 27.8 Å². The molecule has 6 aromatic carbocycles. The molecule has 3 nitrogen and oxygen atoms in total. The number of aromatic nitrogens is 2. The zero-order chi connectivity index (χ0) is 33.2. The summed E-state index contributed by atoms with van der Waals surface area (Å²) < 4.78 is 6.77. The van der Waals surface area contributed by atoms with Gasteiger partial charge in [-0.3, -0.25) is 0 Å². The molecule has 1 spiro atoms. The summed E-state index contributed by atoms with van der Waals surface area (Å²) in [4.78, 5) is 12.7. The van der Waals surface area contributed by atoms with Crippen LogP contribution < -0.4 is 0 Å². The zero-order valence-corrected chi connectivity index (χ0v) is 28.1. The first kappa shape index (κ1) is 29.0. The van der Waals surface area contributed by atoms with Crippen molar-refractivity contribution in [2.24, 2.45) is 0 Å². The SMILES string of the molecule is Cc1c(-c2ccccc2)nc(-c2ccccc2)nc1-c1ccc(-c2ccc3c(c2)C2(c4ccccc4S3)c3ccccc3-c3ccccc32)o1. The Morgan fingerprint density at radius 1 is 0.460 bits per heavy atom. The molecule has 0 saturated heterocycles. The maximum atomic E-state index is 6.77. The van der Waals surface area contributed by atoms with E-state index in [1.165, 1.54) is 43.2 Å². The standard InChI is InChI=1S/C46H30N2OS/c1-29-43(30-14-4-2-5-15-30)47-45(31-16-6-3-7-17-31)48-44(29)40-26-25-39(49-40)32-24-27-42-38(28-32)46(37-22-12-13-23-41(37)50-42)35-20-10-8-18-33(35)34-19-9-11-21-36(34)46/h2-28H,1H3. The first-order chi connectivity index (χ1) is 24.7. The van der Waals surface area contributed by atoms with Crippen LogP contribution in [0, 0.1) is 6.92 Å². The average molecular weight is 659 g/mol. The third-order valence-corrected chi connectivity index (χ3v) is 11.3. The first-order valence-electron chi connectivity index (χ1n) is 16.9. The second-order valence-electron chi connectivity index (χ2n) is 12.9. The molecule has 236 valence electrons. The molecule has 10 rings (SSSR count). The van der Waals surface area contributed by atoms with E-state index in [0.717, 1.165) is 45.2 Å². The number of hydrogen-bond acceptors (Lipinski definition) is 4. The molecule has 0 atom stereocenters. The van der Waals surface area contributed by atoms with Crippen LogP contribution in [0.2, 0.25) is 0 Å². The molecule has 0 unspecified atom stereocenters. The minimum Gasteiger partial charge on any atom is -0.454 e. The van der Waals surface area contributed by atoms with Gasteiger partial charge >= 0.3 is 0 Å². The fraction of sp³-hybridized carbons (Fsp3) is 0.0435. The largest absolute Gasteiger partial charge is 0.454 e. The predicted octanol–water partition coefficient (Wildman–Crippen LogP) is 11.9.